The van der Waals surface area contributed by atoms with Crippen LogP contribution < -0.4 is 4.90 Å². The Morgan fingerprint density at radius 2 is 1.79 bits per heavy atom. The van der Waals surface area contributed by atoms with E-state index in [4.69, 9.17) is 4.98 Å². The Labute approximate surface area is 207 Å². The Morgan fingerprint density at radius 3 is 2.56 bits per heavy atom. The van der Waals surface area contributed by atoms with Crippen LogP contribution in [0.4, 0.5) is 5.95 Å². The standard InChI is InChI=1S/C25H28N6OS2/c1-18(23-26-20-13-7-8-14-21(20)34-23)29(2)22(32)17-33-25-28-27-24(30-15-9-4-10-16-30)31(25)19-11-5-3-6-12-19/h3,5-8,11-14,18H,4,9-10,15-17H2,1-2H3. The van der Waals surface area contributed by atoms with Crippen molar-refractivity contribution in [3.05, 3.63) is 59.6 Å². The zero-order chi connectivity index (χ0) is 23.5. The van der Waals surface area contributed by atoms with Gasteiger partial charge in [-0.1, -0.05) is 42.1 Å². The van der Waals surface area contributed by atoms with Gasteiger partial charge in [0.1, 0.15) is 5.01 Å². The number of hydrogen-bond donors (Lipinski definition) is 0. The molecule has 2 aromatic heterocycles. The third-order valence-electron chi connectivity index (χ3n) is 6.24. The van der Waals surface area contributed by atoms with E-state index in [0.29, 0.717) is 0 Å². The molecule has 1 amide bonds. The highest BCUT2D eigenvalue weighted by atomic mass is 32.2. The van der Waals surface area contributed by atoms with Crippen molar-refractivity contribution in [3.8, 4) is 5.69 Å². The Morgan fingerprint density at radius 1 is 1.06 bits per heavy atom. The van der Waals surface area contributed by atoms with Gasteiger partial charge in [0.15, 0.2) is 5.16 Å². The summed E-state index contributed by atoms with van der Waals surface area (Å²) in [6.07, 6.45) is 3.58. The molecule has 5 rings (SSSR count). The number of amides is 1. The first kappa shape index (κ1) is 22.9. The van der Waals surface area contributed by atoms with E-state index < -0.39 is 0 Å². The van der Waals surface area contributed by atoms with Crippen molar-refractivity contribution >= 4 is 45.2 Å². The van der Waals surface area contributed by atoms with Gasteiger partial charge < -0.3 is 9.80 Å². The van der Waals surface area contributed by atoms with Crippen molar-refractivity contribution in [3.63, 3.8) is 0 Å². The molecule has 1 aliphatic rings. The van der Waals surface area contributed by atoms with Crippen LogP contribution in [-0.2, 0) is 4.79 Å². The van der Waals surface area contributed by atoms with Gasteiger partial charge in [-0.25, -0.2) is 4.98 Å². The number of thioether (sulfide) groups is 1. The first-order valence-electron chi connectivity index (χ1n) is 11.6. The second kappa shape index (κ2) is 10.1. The summed E-state index contributed by atoms with van der Waals surface area (Å²) in [7, 11) is 1.85. The summed E-state index contributed by atoms with van der Waals surface area (Å²) in [4.78, 5) is 21.9. The van der Waals surface area contributed by atoms with Gasteiger partial charge in [-0.3, -0.25) is 9.36 Å². The Kier molecular flexibility index (Phi) is 6.82. The third-order valence-corrected chi connectivity index (χ3v) is 8.36. The van der Waals surface area contributed by atoms with Crippen LogP contribution in [0.2, 0.25) is 0 Å². The van der Waals surface area contributed by atoms with E-state index in [9.17, 15) is 4.79 Å². The van der Waals surface area contributed by atoms with E-state index in [-0.39, 0.29) is 17.7 Å². The quantitative estimate of drug-likeness (QED) is 0.331. The summed E-state index contributed by atoms with van der Waals surface area (Å²) in [6, 6.07) is 18.1. The van der Waals surface area contributed by atoms with Crippen LogP contribution in [0.5, 0.6) is 0 Å². The van der Waals surface area contributed by atoms with E-state index in [1.807, 2.05) is 50.4 Å². The Balaban J connectivity index is 1.33. The average Bonchev–Trinajstić information content (AvgIpc) is 3.52. The maximum absolute atomic E-state index is 13.1. The molecule has 0 N–H and O–H groups in total. The molecule has 1 aliphatic heterocycles. The van der Waals surface area contributed by atoms with Gasteiger partial charge in [-0.15, -0.1) is 21.5 Å². The minimum Gasteiger partial charge on any atom is -0.341 e. The molecule has 0 spiro atoms. The molecular formula is C25H28N6OS2. The van der Waals surface area contributed by atoms with Crippen molar-refractivity contribution in [2.45, 2.75) is 37.4 Å². The summed E-state index contributed by atoms with van der Waals surface area (Å²) in [6.45, 7) is 4.00. The average molecular weight is 493 g/mol. The lowest BCUT2D eigenvalue weighted by molar-refractivity contribution is -0.128. The van der Waals surface area contributed by atoms with Crippen molar-refractivity contribution in [1.29, 1.82) is 0 Å². The second-order valence-electron chi connectivity index (χ2n) is 8.49. The minimum atomic E-state index is -0.0959. The predicted molar refractivity (Wildman–Crippen MR) is 139 cm³/mol. The van der Waals surface area contributed by atoms with Crippen LogP contribution >= 0.6 is 23.1 Å². The maximum atomic E-state index is 13.1. The lowest BCUT2D eigenvalue weighted by Gasteiger charge is -2.28. The van der Waals surface area contributed by atoms with E-state index in [1.54, 1.807) is 16.2 Å². The highest BCUT2D eigenvalue weighted by Crippen LogP contribution is 2.31. The zero-order valence-corrected chi connectivity index (χ0v) is 21.1. The van der Waals surface area contributed by atoms with E-state index in [0.717, 1.165) is 57.9 Å². The van der Waals surface area contributed by atoms with Gasteiger partial charge in [0, 0.05) is 20.1 Å². The van der Waals surface area contributed by atoms with Gasteiger partial charge in [-0.2, -0.15) is 0 Å². The smallest absolute Gasteiger partial charge is 0.233 e. The van der Waals surface area contributed by atoms with Crippen LogP contribution in [-0.4, -0.2) is 56.4 Å². The fraction of sp³-hybridized carbons (Fsp3) is 0.360. The molecule has 1 fully saturated rings. The summed E-state index contributed by atoms with van der Waals surface area (Å²) >= 11 is 3.08. The molecule has 1 unspecified atom stereocenters. The largest absolute Gasteiger partial charge is 0.341 e. The number of nitrogens with zero attached hydrogens (tertiary/aromatic N) is 6. The first-order valence-corrected chi connectivity index (χ1v) is 13.4. The molecule has 3 heterocycles. The third kappa shape index (κ3) is 4.67. The van der Waals surface area contributed by atoms with Crippen LogP contribution in [0.15, 0.2) is 59.8 Å². The van der Waals surface area contributed by atoms with Gasteiger partial charge in [0.2, 0.25) is 11.9 Å². The summed E-state index contributed by atoms with van der Waals surface area (Å²) < 4.78 is 3.22. The van der Waals surface area contributed by atoms with Crippen LogP contribution in [0, 0.1) is 0 Å². The first-order chi connectivity index (χ1) is 16.6. The normalized spacial score (nSPS) is 14.9. The molecule has 0 radical (unpaired) electrons. The molecule has 0 saturated carbocycles. The van der Waals surface area contributed by atoms with Gasteiger partial charge >= 0.3 is 0 Å². The number of carbonyl (C=O) groups is 1. The molecule has 7 nitrogen and oxygen atoms in total. The number of rotatable bonds is 7. The summed E-state index contributed by atoms with van der Waals surface area (Å²) in [5.41, 5.74) is 1.99. The van der Waals surface area contributed by atoms with Gasteiger partial charge in [0.05, 0.1) is 27.7 Å². The van der Waals surface area contributed by atoms with Crippen molar-refractivity contribution in [2.24, 2.45) is 0 Å². The number of anilines is 1. The topological polar surface area (TPSA) is 67.2 Å². The zero-order valence-electron chi connectivity index (χ0n) is 19.4. The van der Waals surface area contributed by atoms with Crippen LogP contribution in [0.1, 0.15) is 37.2 Å². The number of aromatic nitrogens is 4. The lowest BCUT2D eigenvalue weighted by atomic mass is 10.1. The summed E-state index contributed by atoms with van der Waals surface area (Å²) in [5, 5.41) is 10.7. The van der Waals surface area contributed by atoms with Crippen molar-refractivity contribution < 1.29 is 4.79 Å². The number of thiazole rings is 1. The van der Waals surface area contributed by atoms with Gasteiger partial charge in [0.25, 0.3) is 0 Å². The SMILES string of the molecule is CC(c1nc2ccccc2s1)N(C)C(=O)CSc1nnc(N2CCCCC2)n1-c1ccccc1. The maximum Gasteiger partial charge on any atom is 0.233 e. The van der Waals surface area contributed by atoms with Crippen molar-refractivity contribution in [1.82, 2.24) is 24.6 Å². The highest BCUT2D eigenvalue weighted by Gasteiger charge is 2.24. The van der Waals surface area contributed by atoms with E-state index in [1.165, 1.54) is 18.2 Å². The molecule has 9 heteroatoms. The number of piperidine rings is 1. The summed E-state index contributed by atoms with van der Waals surface area (Å²) in [5.74, 6) is 1.19. The number of fused-ring (bicyclic) bond motifs is 1. The molecule has 0 bridgehead atoms. The van der Waals surface area contributed by atoms with Crippen molar-refractivity contribution in [2.75, 3.05) is 30.8 Å². The molecule has 1 saturated heterocycles. The van der Waals surface area contributed by atoms with Crippen LogP contribution in [0.3, 0.4) is 0 Å². The molecular weight excluding hydrogens is 464 g/mol. The highest BCUT2D eigenvalue weighted by molar-refractivity contribution is 7.99. The fourth-order valence-corrected chi connectivity index (χ4v) is 6.07. The minimum absolute atomic E-state index is 0.0406. The predicted octanol–water partition coefficient (Wildman–Crippen LogP) is 5.18. The molecule has 0 aliphatic carbocycles. The molecule has 1 atom stereocenters. The number of carbonyl (C=O) groups excluding carboxylic acids is 1. The van der Waals surface area contributed by atoms with Gasteiger partial charge in [-0.05, 0) is 50.5 Å². The molecule has 2 aromatic carbocycles. The van der Waals surface area contributed by atoms with Crippen LogP contribution in [0.25, 0.3) is 15.9 Å². The monoisotopic (exact) mass is 492 g/mol. The lowest BCUT2D eigenvalue weighted by Crippen LogP contribution is -2.32. The van der Waals surface area contributed by atoms with E-state index >= 15 is 0 Å². The second-order valence-corrected chi connectivity index (χ2v) is 10.5. The molecule has 176 valence electrons. The Hall–Kier alpha value is -2.91. The number of para-hydroxylation sites is 2. The fourth-order valence-electron chi connectivity index (χ4n) is 4.14. The number of hydrogen-bond acceptors (Lipinski definition) is 7. The Bertz CT molecular complexity index is 1230. The number of benzene rings is 2. The van der Waals surface area contributed by atoms with E-state index in [2.05, 4.69) is 37.9 Å². The molecule has 34 heavy (non-hydrogen) atoms. The molecule has 4 aromatic rings.